The number of hydrogen-bond donors (Lipinski definition) is 2. The number of sulfonamides is 1. The van der Waals surface area contributed by atoms with Crippen LogP contribution in [0.2, 0.25) is 0 Å². The highest BCUT2D eigenvalue weighted by atomic mass is 32.2. The van der Waals surface area contributed by atoms with Gasteiger partial charge in [-0.2, -0.15) is 0 Å². The fourth-order valence-corrected chi connectivity index (χ4v) is 4.07. The van der Waals surface area contributed by atoms with E-state index in [4.69, 9.17) is 9.15 Å². The van der Waals surface area contributed by atoms with Gasteiger partial charge >= 0.3 is 5.97 Å². The zero-order chi connectivity index (χ0) is 15.8. The Morgan fingerprint density at radius 3 is 2.43 bits per heavy atom. The number of furan rings is 1. The molecule has 1 aliphatic carbocycles. The summed E-state index contributed by atoms with van der Waals surface area (Å²) in [5, 5.41) is 9.18. The standard InChI is InChI=1S/C13H19NO6S/c1-8-10(12(15)16)11(9(2)20-8)21(17,18)14-7-13(19-3)5-4-6-13/h14H,4-7H2,1-3H3,(H,15,16). The van der Waals surface area contributed by atoms with Crippen molar-refractivity contribution >= 4 is 16.0 Å². The van der Waals surface area contributed by atoms with Crippen LogP contribution in [0.25, 0.3) is 0 Å². The molecule has 118 valence electrons. The van der Waals surface area contributed by atoms with Gasteiger partial charge in [-0.1, -0.05) is 0 Å². The third-order valence-electron chi connectivity index (χ3n) is 3.97. The van der Waals surface area contributed by atoms with E-state index < -0.39 is 21.6 Å². The lowest BCUT2D eigenvalue weighted by Crippen LogP contribution is -2.49. The normalized spacial score (nSPS) is 17.5. The second-order valence-corrected chi connectivity index (χ2v) is 6.99. The molecule has 1 aromatic heterocycles. The summed E-state index contributed by atoms with van der Waals surface area (Å²) in [5.41, 5.74) is -0.802. The molecular formula is C13H19NO6S. The van der Waals surface area contributed by atoms with Crippen LogP contribution in [0, 0.1) is 13.8 Å². The van der Waals surface area contributed by atoms with Gasteiger partial charge < -0.3 is 14.3 Å². The largest absolute Gasteiger partial charge is 0.478 e. The maximum Gasteiger partial charge on any atom is 0.340 e. The lowest BCUT2D eigenvalue weighted by molar-refractivity contribution is -0.0659. The van der Waals surface area contributed by atoms with Gasteiger partial charge in [0.15, 0.2) is 0 Å². The van der Waals surface area contributed by atoms with Crippen LogP contribution in [0.5, 0.6) is 0 Å². The summed E-state index contributed by atoms with van der Waals surface area (Å²) in [7, 11) is -2.42. The maximum atomic E-state index is 12.4. The number of carbonyl (C=O) groups is 1. The summed E-state index contributed by atoms with van der Waals surface area (Å²) in [6.07, 6.45) is 2.54. The Labute approximate surface area is 123 Å². The number of rotatable bonds is 6. The van der Waals surface area contributed by atoms with E-state index in [-0.39, 0.29) is 28.5 Å². The molecule has 7 nitrogen and oxygen atoms in total. The Balaban J connectivity index is 2.30. The van der Waals surface area contributed by atoms with Crippen molar-refractivity contribution in [3.63, 3.8) is 0 Å². The number of methoxy groups -OCH3 is 1. The third-order valence-corrected chi connectivity index (χ3v) is 5.52. The van der Waals surface area contributed by atoms with Crippen LogP contribution in [0.15, 0.2) is 9.31 Å². The van der Waals surface area contributed by atoms with Gasteiger partial charge in [0.1, 0.15) is 22.0 Å². The van der Waals surface area contributed by atoms with Crippen LogP contribution >= 0.6 is 0 Å². The highest BCUT2D eigenvalue weighted by Crippen LogP contribution is 2.35. The van der Waals surface area contributed by atoms with E-state index >= 15 is 0 Å². The molecule has 0 spiro atoms. The first-order valence-corrected chi connectivity index (χ1v) is 8.09. The van der Waals surface area contributed by atoms with Crippen LogP contribution in [0.4, 0.5) is 0 Å². The molecule has 1 saturated carbocycles. The van der Waals surface area contributed by atoms with Gasteiger partial charge in [-0.25, -0.2) is 17.9 Å². The number of nitrogens with one attached hydrogen (secondary N) is 1. The minimum Gasteiger partial charge on any atom is -0.478 e. The van der Waals surface area contributed by atoms with Crippen molar-refractivity contribution in [3.8, 4) is 0 Å². The third kappa shape index (κ3) is 2.83. The van der Waals surface area contributed by atoms with Gasteiger partial charge in [0.25, 0.3) is 0 Å². The Hall–Kier alpha value is -1.38. The molecular weight excluding hydrogens is 298 g/mol. The van der Waals surface area contributed by atoms with E-state index in [0.29, 0.717) is 0 Å². The SMILES string of the molecule is COC1(CNS(=O)(=O)c2c(C)oc(C)c2C(=O)O)CCC1. The summed E-state index contributed by atoms with van der Waals surface area (Å²) in [4.78, 5) is 10.9. The van der Waals surface area contributed by atoms with Crippen molar-refractivity contribution in [3.05, 3.63) is 17.1 Å². The van der Waals surface area contributed by atoms with E-state index in [1.165, 1.54) is 13.8 Å². The van der Waals surface area contributed by atoms with Gasteiger partial charge in [-0.3, -0.25) is 0 Å². The zero-order valence-electron chi connectivity index (χ0n) is 12.2. The minimum absolute atomic E-state index is 0.0671. The van der Waals surface area contributed by atoms with Gasteiger partial charge in [0.2, 0.25) is 10.0 Å². The van der Waals surface area contributed by atoms with Crippen LogP contribution in [-0.2, 0) is 14.8 Å². The molecule has 0 aliphatic heterocycles. The quantitative estimate of drug-likeness (QED) is 0.822. The number of aryl methyl sites for hydroxylation is 2. The molecule has 21 heavy (non-hydrogen) atoms. The molecule has 1 fully saturated rings. The first-order valence-electron chi connectivity index (χ1n) is 6.60. The Kier molecular flexibility index (Phi) is 4.14. The lowest BCUT2D eigenvalue weighted by Gasteiger charge is -2.40. The fraction of sp³-hybridized carbons (Fsp3) is 0.615. The second-order valence-electron chi connectivity index (χ2n) is 5.29. The Bertz CT molecular complexity index is 651. The van der Waals surface area contributed by atoms with Crippen LogP contribution in [0.3, 0.4) is 0 Å². The summed E-state index contributed by atoms with van der Waals surface area (Å²) < 4.78 is 37.8. The van der Waals surface area contributed by atoms with Gasteiger partial charge in [0.05, 0.1) is 5.60 Å². The number of hydrogen-bond acceptors (Lipinski definition) is 5. The van der Waals surface area contributed by atoms with Gasteiger partial charge in [-0.15, -0.1) is 0 Å². The van der Waals surface area contributed by atoms with Crippen LogP contribution < -0.4 is 4.72 Å². The molecule has 2 N–H and O–H groups in total. The molecule has 0 unspecified atom stereocenters. The van der Waals surface area contributed by atoms with Gasteiger partial charge in [-0.05, 0) is 33.1 Å². The Morgan fingerprint density at radius 2 is 2.00 bits per heavy atom. The lowest BCUT2D eigenvalue weighted by atomic mass is 9.80. The van der Waals surface area contributed by atoms with Crippen molar-refractivity contribution < 1.29 is 27.5 Å². The molecule has 0 atom stereocenters. The molecule has 0 radical (unpaired) electrons. The van der Waals surface area contributed by atoms with Crippen molar-refractivity contribution in [1.29, 1.82) is 0 Å². The number of ether oxygens (including phenoxy) is 1. The average Bonchev–Trinajstić information content (AvgIpc) is 2.64. The molecule has 0 bridgehead atoms. The van der Waals surface area contributed by atoms with E-state index in [1.807, 2.05) is 0 Å². The first-order chi connectivity index (χ1) is 9.72. The summed E-state index contributed by atoms with van der Waals surface area (Å²) in [5.74, 6) is -1.18. The van der Waals surface area contributed by atoms with Crippen LogP contribution in [-0.4, -0.2) is 38.7 Å². The van der Waals surface area contributed by atoms with Crippen molar-refractivity contribution in [1.82, 2.24) is 4.72 Å². The minimum atomic E-state index is -3.97. The molecule has 1 aromatic rings. The van der Waals surface area contributed by atoms with E-state index in [0.717, 1.165) is 19.3 Å². The Morgan fingerprint density at radius 1 is 1.38 bits per heavy atom. The summed E-state index contributed by atoms with van der Waals surface area (Å²) >= 11 is 0. The zero-order valence-corrected chi connectivity index (χ0v) is 13.0. The van der Waals surface area contributed by atoms with E-state index in [9.17, 15) is 18.3 Å². The molecule has 2 rings (SSSR count). The second kappa shape index (κ2) is 5.43. The number of carboxylic acid groups (broad SMARTS) is 1. The molecule has 1 heterocycles. The van der Waals surface area contributed by atoms with E-state index in [2.05, 4.69) is 4.72 Å². The molecule has 0 saturated heterocycles. The highest BCUT2D eigenvalue weighted by molar-refractivity contribution is 7.89. The smallest absolute Gasteiger partial charge is 0.340 e. The molecule has 8 heteroatoms. The number of aromatic carboxylic acids is 1. The van der Waals surface area contributed by atoms with Crippen molar-refractivity contribution in [2.45, 2.75) is 43.6 Å². The number of carboxylic acids is 1. The van der Waals surface area contributed by atoms with E-state index in [1.54, 1.807) is 7.11 Å². The fourth-order valence-electron chi connectivity index (χ4n) is 2.56. The first kappa shape index (κ1) is 16.0. The van der Waals surface area contributed by atoms with Gasteiger partial charge in [0, 0.05) is 13.7 Å². The molecule has 1 aliphatic rings. The molecule has 0 amide bonds. The van der Waals surface area contributed by atoms with Crippen molar-refractivity contribution in [2.75, 3.05) is 13.7 Å². The highest BCUT2D eigenvalue weighted by Gasteiger charge is 2.39. The van der Waals surface area contributed by atoms with Crippen molar-refractivity contribution in [2.24, 2.45) is 0 Å². The summed E-state index contributed by atoms with van der Waals surface area (Å²) in [6, 6.07) is 0. The predicted octanol–water partition coefficient (Wildman–Crippen LogP) is 1.44. The molecule has 0 aromatic carbocycles. The van der Waals surface area contributed by atoms with Crippen LogP contribution in [0.1, 0.15) is 41.1 Å². The monoisotopic (exact) mass is 317 g/mol. The predicted molar refractivity (Wildman–Crippen MR) is 73.9 cm³/mol. The summed E-state index contributed by atoms with van der Waals surface area (Å²) in [6.45, 7) is 2.98. The average molecular weight is 317 g/mol. The topological polar surface area (TPSA) is 106 Å². The maximum absolute atomic E-state index is 12.4.